The summed E-state index contributed by atoms with van der Waals surface area (Å²) in [5, 5.41) is 1.21. The fourth-order valence-electron chi connectivity index (χ4n) is 5.80. The van der Waals surface area contributed by atoms with E-state index >= 15 is 0 Å². The van der Waals surface area contributed by atoms with E-state index in [1.54, 1.807) is 4.90 Å². The molecular weight excluding hydrogens is 474 g/mol. The van der Waals surface area contributed by atoms with Crippen LogP contribution in [0.15, 0.2) is 54.6 Å². The average molecular weight is 516 g/mol. The minimum absolute atomic E-state index is 0.00506. The van der Waals surface area contributed by atoms with Gasteiger partial charge in [-0.05, 0) is 95.5 Å². The van der Waals surface area contributed by atoms with Crippen molar-refractivity contribution in [3.8, 4) is 0 Å². The summed E-state index contributed by atoms with van der Waals surface area (Å²) in [5.41, 5.74) is 3.98. The number of aryl methyl sites for hydroxylation is 2. The number of hydrogen-bond donors (Lipinski definition) is 0. The van der Waals surface area contributed by atoms with E-state index in [2.05, 4.69) is 59.5 Å². The van der Waals surface area contributed by atoms with Crippen LogP contribution in [0.1, 0.15) is 70.6 Å². The molecule has 0 bridgehead atoms. The van der Waals surface area contributed by atoms with Gasteiger partial charge in [0.1, 0.15) is 17.1 Å². The molecule has 202 valence electrons. The van der Waals surface area contributed by atoms with Gasteiger partial charge >= 0.3 is 6.09 Å². The van der Waals surface area contributed by atoms with Crippen molar-refractivity contribution in [1.82, 2.24) is 9.88 Å². The minimum atomic E-state index is -0.674. The Morgan fingerprint density at radius 1 is 1.11 bits per heavy atom. The number of carbonyl (C=O) groups is 1. The van der Waals surface area contributed by atoms with Gasteiger partial charge in [0.2, 0.25) is 0 Å². The largest absolute Gasteiger partial charge is 0.444 e. The number of fused-ring (bicyclic) bond motifs is 2. The number of amides is 1. The summed E-state index contributed by atoms with van der Waals surface area (Å²) in [6, 6.07) is 19.5. The summed E-state index contributed by atoms with van der Waals surface area (Å²) >= 11 is 0. The highest BCUT2D eigenvalue weighted by Gasteiger charge is 2.45. The molecule has 1 amide bonds. The van der Waals surface area contributed by atoms with Crippen LogP contribution < -0.4 is 4.90 Å². The molecule has 6 nitrogen and oxygen atoms in total. The average Bonchev–Trinajstić information content (AvgIpc) is 3.02. The van der Waals surface area contributed by atoms with Crippen molar-refractivity contribution in [2.45, 2.75) is 90.6 Å². The number of anilines is 1. The molecule has 0 radical (unpaired) electrons. The molecule has 1 fully saturated rings. The summed E-state index contributed by atoms with van der Waals surface area (Å²) in [4.78, 5) is 22.3. The molecule has 0 spiro atoms. The van der Waals surface area contributed by atoms with E-state index in [0.717, 1.165) is 56.5 Å². The number of nitrogens with zero attached hydrogens (tertiary/aromatic N) is 3. The van der Waals surface area contributed by atoms with E-state index in [-0.39, 0.29) is 12.1 Å². The zero-order valence-electron chi connectivity index (χ0n) is 23.5. The number of pyridine rings is 1. The van der Waals surface area contributed by atoms with Crippen LogP contribution in [0.25, 0.3) is 10.9 Å². The molecule has 1 atom stereocenters. The lowest BCUT2D eigenvalue weighted by atomic mass is 10.0. The van der Waals surface area contributed by atoms with E-state index in [9.17, 15) is 4.79 Å². The smallest absolute Gasteiger partial charge is 0.412 e. The Balaban J connectivity index is 1.34. The Hall–Kier alpha value is -3.12. The molecule has 3 heterocycles. The van der Waals surface area contributed by atoms with Crippen LogP contribution in [0.3, 0.4) is 0 Å². The maximum Gasteiger partial charge on any atom is 0.412 e. The molecule has 2 aromatic carbocycles. The molecule has 0 N–H and O–H groups in total. The Morgan fingerprint density at radius 3 is 2.63 bits per heavy atom. The monoisotopic (exact) mass is 515 g/mol. The zero-order valence-corrected chi connectivity index (χ0v) is 23.5. The zero-order chi connectivity index (χ0) is 26.9. The van der Waals surface area contributed by atoms with E-state index in [1.807, 2.05) is 34.6 Å². The van der Waals surface area contributed by atoms with Gasteiger partial charge in [0.15, 0.2) is 0 Å². The first-order valence-electron chi connectivity index (χ1n) is 14.0. The molecule has 1 saturated heterocycles. The van der Waals surface area contributed by atoms with Gasteiger partial charge < -0.3 is 14.4 Å². The molecule has 0 saturated carbocycles. The van der Waals surface area contributed by atoms with Gasteiger partial charge in [-0.15, -0.1) is 0 Å². The normalized spacial score (nSPS) is 19.3. The third kappa shape index (κ3) is 5.80. The fraction of sp³-hybridized carbons (Fsp3) is 0.500. The summed E-state index contributed by atoms with van der Waals surface area (Å²) in [5.74, 6) is 1.05. The predicted octanol–water partition coefficient (Wildman–Crippen LogP) is 6.88. The summed E-state index contributed by atoms with van der Waals surface area (Å²) in [6.45, 7) is 12.0. The third-order valence-corrected chi connectivity index (χ3v) is 7.61. The lowest BCUT2D eigenvalue weighted by molar-refractivity contribution is -0.0627. The number of ether oxygens (including phenoxy) is 2. The van der Waals surface area contributed by atoms with Gasteiger partial charge in [-0.2, -0.15) is 0 Å². The lowest BCUT2D eigenvalue weighted by Gasteiger charge is -2.35. The first-order valence-corrected chi connectivity index (χ1v) is 14.0. The number of rotatable bonds is 5. The van der Waals surface area contributed by atoms with Crippen LogP contribution in [-0.2, 0) is 28.9 Å². The van der Waals surface area contributed by atoms with Crippen LogP contribution >= 0.6 is 0 Å². The molecule has 1 aromatic heterocycles. The van der Waals surface area contributed by atoms with Gasteiger partial charge in [-0.25, -0.2) is 9.78 Å². The van der Waals surface area contributed by atoms with E-state index in [1.165, 1.54) is 22.1 Å². The van der Waals surface area contributed by atoms with Gasteiger partial charge in [-0.1, -0.05) is 42.5 Å². The SMILES string of the molecule is CC(C)(C)OC(=O)N1[C@@H](CCCc2cc(N3CCCc4ccccc4C3)nc3ccccc23)COC1(C)C. The van der Waals surface area contributed by atoms with Crippen molar-refractivity contribution in [3.63, 3.8) is 0 Å². The summed E-state index contributed by atoms with van der Waals surface area (Å²) in [7, 11) is 0. The highest BCUT2D eigenvalue weighted by Crippen LogP contribution is 2.33. The summed E-state index contributed by atoms with van der Waals surface area (Å²) in [6.07, 6.45) is 4.65. The second-order valence-corrected chi connectivity index (χ2v) is 12.1. The number of benzene rings is 2. The van der Waals surface area contributed by atoms with Crippen LogP contribution in [0.2, 0.25) is 0 Å². The van der Waals surface area contributed by atoms with Crippen LogP contribution in [0, 0.1) is 0 Å². The Morgan fingerprint density at radius 2 is 1.84 bits per heavy atom. The van der Waals surface area contributed by atoms with Crippen molar-refractivity contribution >= 4 is 22.8 Å². The number of hydrogen-bond acceptors (Lipinski definition) is 5. The second kappa shape index (κ2) is 10.6. The Kier molecular flexibility index (Phi) is 7.36. The van der Waals surface area contributed by atoms with Crippen LogP contribution in [-0.4, -0.2) is 46.5 Å². The fourth-order valence-corrected chi connectivity index (χ4v) is 5.80. The second-order valence-electron chi connectivity index (χ2n) is 12.1. The minimum Gasteiger partial charge on any atom is -0.444 e. The molecule has 0 unspecified atom stereocenters. The predicted molar refractivity (Wildman–Crippen MR) is 152 cm³/mol. The topological polar surface area (TPSA) is 54.9 Å². The molecular formula is C32H41N3O3. The molecule has 2 aliphatic heterocycles. The highest BCUT2D eigenvalue weighted by molar-refractivity contribution is 5.84. The van der Waals surface area contributed by atoms with Gasteiger partial charge in [0, 0.05) is 18.5 Å². The van der Waals surface area contributed by atoms with Gasteiger partial charge in [-0.3, -0.25) is 4.90 Å². The molecule has 5 rings (SSSR count). The quantitative estimate of drug-likeness (QED) is 0.371. The number of carbonyl (C=O) groups excluding carboxylic acids is 1. The maximum absolute atomic E-state index is 13.0. The van der Waals surface area contributed by atoms with Crippen LogP contribution in [0.4, 0.5) is 10.6 Å². The van der Waals surface area contributed by atoms with Crippen LogP contribution in [0.5, 0.6) is 0 Å². The van der Waals surface area contributed by atoms with E-state index in [0.29, 0.717) is 6.61 Å². The Bertz CT molecular complexity index is 1300. The molecule has 0 aliphatic carbocycles. The number of para-hydroxylation sites is 1. The third-order valence-electron chi connectivity index (χ3n) is 7.61. The maximum atomic E-state index is 13.0. The highest BCUT2D eigenvalue weighted by atomic mass is 16.6. The van der Waals surface area contributed by atoms with Crippen molar-refractivity contribution in [1.29, 1.82) is 0 Å². The standard InChI is InChI=1S/C32H41N3O3/c1-31(2,3)38-30(36)35-26(22-37-32(35,4)5)16-10-14-24-20-29(33-28-18-9-8-17-27(24)28)34-19-11-15-23-12-6-7-13-25(23)21-34/h6-9,12-13,17-18,20,26H,10-11,14-16,19,21-22H2,1-5H3/t26-/m0/s1. The van der Waals surface area contributed by atoms with Crippen molar-refractivity contribution in [2.75, 3.05) is 18.1 Å². The van der Waals surface area contributed by atoms with Crippen molar-refractivity contribution < 1.29 is 14.3 Å². The van der Waals surface area contributed by atoms with E-state index < -0.39 is 11.3 Å². The number of aromatic nitrogens is 1. The first kappa shape index (κ1) is 26.5. The first-order chi connectivity index (χ1) is 18.1. The lowest BCUT2D eigenvalue weighted by Crippen LogP contribution is -2.49. The summed E-state index contributed by atoms with van der Waals surface area (Å²) < 4.78 is 11.7. The molecule has 6 heteroatoms. The van der Waals surface area contributed by atoms with E-state index in [4.69, 9.17) is 14.5 Å². The van der Waals surface area contributed by atoms with Gasteiger partial charge in [0.05, 0.1) is 18.2 Å². The molecule has 2 aliphatic rings. The van der Waals surface area contributed by atoms with Crippen molar-refractivity contribution in [2.24, 2.45) is 0 Å². The molecule has 3 aromatic rings. The Labute approximate surface area is 226 Å². The van der Waals surface area contributed by atoms with Gasteiger partial charge in [0.25, 0.3) is 0 Å². The van der Waals surface area contributed by atoms with Crippen molar-refractivity contribution in [3.05, 3.63) is 71.3 Å². The molecule has 38 heavy (non-hydrogen) atoms.